The molecule has 2 aliphatic rings. The predicted molar refractivity (Wildman–Crippen MR) is 164 cm³/mol. The number of rotatable bonds is 10. The molecular weight excluding hydrogens is 557 g/mol. The van der Waals surface area contributed by atoms with Crippen LogP contribution in [0.25, 0.3) is 10.9 Å². The third-order valence-corrected chi connectivity index (χ3v) is 8.09. The second-order valence-electron chi connectivity index (χ2n) is 11.2. The van der Waals surface area contributed by atoms with E-state index in [2.05, 4.69) is 36.5 Å². The molecule has 1 saturated carbocycles. The summed E-state index contributed by atoms with van der Waals surface area (Å²) in [7, 11) is 0. The van der Waals surface area contributed by atoms with E-state index in [0.29, 0.717) is 29.6 Å². The monoisotopic (exact) mass is 593 g/mol. The first kappa shape index (κ1) is 29.9. The van der Waals surface area contributed by atoms with E-state index in [1.807, 2.05) is 37.6 Å². The molecule has 6 rings (SSSR count). The van der Waals surface area contributed by atoms with Gasteiger partial charge in [-0.2, -0.15) is 0 Å². The second-order valence-corrected chi connectivity index (χ2v) is 11.2. The Bertz CT molecular complexity index is 1580. The third-order valence-electron chi connectivity index (χ3n) is 8.09. The highest BCUT2D eigenvalue weighted by Crippen LogP contribution is 2.38. The average Bonchev–Trinajstić information content (AvgIpc) is 3.84. The van der Waals surface area contributed by atoms with Crippen molar-refractivity contribution in [3.8, 4) is 5.75 Å². The Morgan fingerprint density at radius 1 is 1.14 bits per heavy atom. The molecule has 222 valence electrons. The Labute approximate surface area is 251 Å². The number of aliphatic hydroxyl groups is 1. The van der Waals surface area contributed by atoms with Crippen LogP contribution in [0.5, 0.6) is 5.75 Å². The van der Waals surface area contributed by atoms with Gasteiger partial charge < -0.3 is 19.3 Å². The number of hydrogen-bond donors (Lipinski definition) is 1. The van der Waals surface area contributed by atoms with Crippen LogP contribution in [0.1, 0.15) is 48.5 Å². The summed E-state index contributed by atoms with van der Waals surface area (Å²) in [5, 5.41) is 9.51. The number of halogens is 2. The molecule has 10 heteroatoms. The number of aryl methyl sites for hydroxylation is 1. The van der Waals surface area contributed by atoms with Crippen LogP contribution in [0.4, 0.5) is 10.1 Å². The molecule has 2 fully saturated rings. The standard InChI is InChI=1S/C32H36FN5O3.ClH/c1-22-14-23(8-10-35-22)18-37(27-5-3-11-36(21-27)26-4-2-9-34-17-26)19-24-20-38(25-6-7-25)30-16-31(41-13-12-39)29(33)15-28(30)32(24)40;/h2,4,8-10,14-17,20,25,27,39H,3,5-7,11-13,18-19,21H2,1H3;1H/t27-;/m0./s1. The lowest BCUT2D eigenvalue weighted by Crippen LogP contribution is -2.48. The van der Waals surface area contributed by atoms with Gasteiger partial charge in [0, 0.05) is 79.6 Å². The summed E-state index contributed by atoms with van der Waals surface area (Å²) in [6.07, 6.45) is 11.6. The van der Waals surface area contributed by atoms with E-state index in [9.17, 15) is 4.79 Å². The molecule has 1 aromatic carbocycles. The Balaban J connectivity index is 0.00000353. The zero-order chi connectivity index (χ0) is 28.3. The normalized spacial score (nSPS) is 17.0. The van der Waals surface area contributed by atoms with Crippen molar-refractivity contribution in [1.82, 2.24) is 19.4 Å². The Morgan fingerprint density at radius 2 is 2.00 bits per heavy atom. The summed E-state index contributed by atoms with van der Waals surface area (Å²) in [6.45, 7) is 4.71. The van der Waals surface area contributed by atoms with Crippen LogP contribution in [-0.2, 0) is 13.1 Å². The summed E-state index contributed by atoms with van der Waals surface area (Å²) >= 11 is 0. The van der Waals surface area contributed by atoms with Crippen molar-refractivity contribution in [2.45, 2.75) is 57.8 Å². The van der Waals surface area contributed by atoms with Crippen LogP contribution in [-0.4, -0.2) is 56.9 Å². The van der Waals surface area contributed by atoms with Crippen LogP contribution < -0.4 is 15.1 Å². The largest absolute Gasteiger partial charge is 0.488 e. The smallest absolute Gasteiger partial charge is 0.193 e. The first-order valence-electron chi connectivity index (χ1n) is 14.4. The topological polar surface area (TPSA) is 83.7 Å². The number of aromatic nitrogens is 3. The van der Waals surface area contributed by atoms with E-state index in [1.54, 1.807) is 12.3 Å². The van der Waals surface area contributed by atoms with Gasteiger partial charge >= 0.3 is 0 Å². The molecule has 1 N–H and O–H groups in total. The van der Waals surface area contributed by atoms with Crippen molar-refractivity contribution in [1.29, 1.82) is 0 Å². The highest BCUT2D eigenvalue weighted by atomic mass is 35.5. The lowest BCUT2D eigenvalue weighted by atomic mass is 10.0. The second kappa shape index (κ2) is 13.2. The number of ether oxygens (including phenoxy) is 1. The maximum Gasteiger partial charge on any atom is 0.193 e. The van der Waals surface area contributed by atoms with E-state index in [0.717, 1.165) is 55.7 Å². The molecule has 4 aromatic rings. The van der Waals surface area contributed by atoms with Crippen molar-refractivity contribution >= 4 is 29.0 Å². The van der Waals surface area contributed by atoms with Gasteiger partial charge in [0.1, 0.15) is 6.61 Å². The average molecular weight is 594 g/mol. The van der Waals surface area contributed by atoms with Crippen LogP contribution >= 0.6 is 12.4 Å². The molecule has 4 heterocycles. The Morgan fingerprint density at radius 3 is 2.74 bits per heavy atom. The predicted octanol–water partition coefficient (Wildman–Crippen LogP) is 5.04. The Hall–Kier alpha value is -3.53. The molecule has 0 radical (unpaired) electrons. The minimum absolute atomic E-state index is 0. The fourth-order valence-electron chi connectivity index (χ4n) is 5.94. The molecule has 0 unspecified atom stereocenters. The summed E-state index contributed by atoms with van der Waals surface area (Å²) in [5.74, 6) is -0.536. The molecule has 42 heavy (non-hydrogen) atoms. The molecule has 3 aromatic heterocycles. The van der Waals surface area contributed by atoms with Gasteiger partial charge in [0.15, 0.2) is 17.0 Å². The molecule has 1 aliphatic carbocycles. The Kier molecular flexibility index (Phi) is 9.40. The molecule has 0 amide bonds. The summed E-state index contributed by atoms with van der Waals surface area (Å²) in [6, 6.07) is 11.6. The van der Waals surface area contributed by atoms with Gasteiger partial charge in [-0.25, -0.2) is 4.39 Å². The molecule has 8 nitrogen and oxygen atoms in total. The third kappa shape index (κ3) is 6.59. The summed E-state index contributed by atoms with van der Waals surface area (Å²) in [4.78, 5) is 27.4. The molecule has 1 saturated heterocycles. The fourth-order valence-corrected chi connectivity index (χ4v) is 5.94. The molecule has 1 atom stereocenters. The van der Waals surface area contributed by atoms with Crippen LogP contribution in [0.3, 0.4) is 0 Å². The lowest BCUT2D eigenvalue weighted by molar-refractivity contribution is 0.158. The van der Waals surface area contributed by atoms with Gasteiger partial charge in [-0.3, -0.25) is 19.7 Å². The number of nitrogens with zero attached hydrogens (tertiary/aromatic N) is 5. The zero-order valence-corrected chi connectivity index (χ0v) is 24.6. The SMILES string of the molecule is Cc1cc(CN(Cc2cn(C3CC3)c3cc(OCCO)c(F)cc3c2=O)[C@H]2CCCN(c3cccnc3)C2)ccn1.Cl. The highest BCUT2D eigenvalue weighted by Gasteiger charge is 2.29. The van der Waals surface area contributed by atoms with Gasteiger partial charge in [0.25, 0.3) is 0 Å². The number of hydrogen-bond acceptors (Lipinski definition) is 7. The number of pyridine rings is 3. The van der Waals surface area contributed by atoms with Crippen molar-refractivity contribution in [2.75, 3.05) is 31.2 Å². The molecular formula is C32H37ClFN5O3. The van der Waals surface area contributed by atoms with Gasteiger partial charge in [0.2, 0.25) is 0 Å². The number of piperidine rings is 1. The van der Waals surface area contributed by atoms with E-state index in [-0.39, 0.29) is 48.9 Å². The highest BCUT2D eigenvalue weighted by molar-refractivity contribution is 5.85. The maximum absolute atomic E-state index is 15.0. The quantitative estimate of drug-likeness (QED) is 0.276. The van der Waals surface area contributed by atoms with Gasteiger partial charge in [-0.15, -0.1) is 12.4 Å². The van der Waals surface area contributed by atoms with Crippen molar-refractivity contribution in [2.24, 2.45) is 0 Å². The van der Waals surface area contributed by atoms with Crippen molar-refractivity contribution in [3.63, 3.8) is 0 Å². The number of fused-ring (bicyclic) bond motifs is 1. The van der Waals surface area contributed by atoms with E-state index in [1.165, 1.54) is 6.07 Å². The number of benzene rings is 1. The number of anilines is 1. The molecule has 1 aliphatic heterocycles. The van der Waals surface area contributed by atoms with E-state index in [4.69, 9.17) is 9.84 Å². The van der Waals surface area contributed by atoms with Gasteiger partial charge in [-0.1, -0.05) is 0 Å². The van der Waals surface area contributed by atoms with Crippen molar-refractivity contribution < 1.29 is 14.2 Å². The van der Waals surface area contributed by atoms with Crippen molar-refractivity contribution in [3.05, 3.63) is 94.0 Å². The van der Waals surface area contributed by atoms with Crippen LogP contribution in [0.15, 0.2) is 66.0 Å². The first-order valence-corrected chi connectivity index (χ1v) is 14.4. The zero-order valence-electron chi connectivity index (χ0n) is 23.8. The lowest BCUT2D eigenvalue weighted by Gasteiger charge is -2.40. The fraction of sp³-hybridized carbons (Fsp3) is 0.406. The van der Waals surface area contributed by atoms with Gasteiger partial charge in [0.05, 0.1) is 24.0 Å². The molecule has 0 spiro atoms. The maximum atomic E-state index is 15.0. The van der Waals surface area contributed by atoms with E-state index >= 15 is 4.39 Å². The number of aliphatic hydroxyl groups excluding tert-OH is 1. The van der Waals surface area contributed by atoms with Crippen LogP contribution in [0, 0.1) is 12.7 Å². The first-order chi connectivity index (χ1) is 20.0. The minimum atomic E-state index is -0.592. The molecule has 0 bridgehead atoms. The summed E-state index contributed by atoms with van der Waals surface area (Å²) < 4.78 is 22.5. The van der Waals surface area contributed by atoms with Gasteiger partial charge in [-0.05, 0) is 68.5 Å². The van der Waals surface area contributed by atoms with Crippen LogP contribution in [0.2, 0.25) is 0 Å². The van der Waals surface area contributed by atoms with E-state index < -0.39 is 5.82 Å². The summed E-state index contributed by atoms with van der Waals surface area (Å²) in [5.41, 5.74) is 4.40. The minimum Gasteiger partial charge on any atom is -0.488 e.